The molecule has 0 aromatic heterocycles. The van der Waals surface area contributed by atoms with E-state index in [1.165, 1.54) is 24.1 Å². The second-order valence-electron chi connectivity index (χ2n) is 8.58. The molecule has 2 aromatic carbocycles. The smallest absolute Gasteiger partial charge is 0.253 e. The molecule has 1 amide bonds. The zero-order chi connectivity index (χ0) is 19.8. The summed E-state index contributed by atoms with van der Waals surface area (Å²) in [7, 11) is 0. The fourth-order valence-corrected chi connectivity index (χ4v) is 4.87. The lowest BCUT2D eigenvalue weighted by atomic mass is 9.84. The first-order chi connectivity index (χ1) is 14.1. The van der Waals surface area contributed by atoms with Crippen LogP contribution in [-0.2, 0) is 4.74 Å². The Morgan fingerprint density at radius 3 is 2.62 bits per heavy atom. The van der Waals surface area contributed by atoms with Crippen LogP contribution in [0.3, 0.4) is 0 Å². The Hall–Kier alpha value is -2.24. The minimum Gasteiger partial charge on any atom is -0.375 e. The van der Waals surface area contributed by atoms with Crippen LogP contribution in [0.4, 0.5) is 4.39 Å². The molecule has 1 N–H and O–H groups in total. The van der Waals surface area contributed by atoms with Crippen LogP contribution in [0.2, 0.25) is 0 Å². The van der Waals surface area contributed by atoms with Gasteiger partial charge in [-0.3, -0.25) is 4.79 Å². The maximum atomic E-state index is 14.4. The van der Waals surface area contributed by atoms with E-state index in [1.807, 2.05) is 23.1 Å². The molecule has 1 unspecified atom stereocenters. The molecule has 3 saturated heterocycles. The van der Waals surface area contributed by atoms with Crippen molar-refractivity contribution in [3.8, 4) is 11.1 Å². The van der Waals surface area contributed by atoms with Crippen molar-refractivity contribution < 1.29 is 13.9 Å². The molecule has 5 heteroatoms. The van der Waals surface area contributed by atoms with Gasteiger partial charge < -0.3 is 15.0 Å². The average molecular weight is 394 g/mol. The molecule has 0 bridgehead atoms. The summed E-state index contributed by atoms with van der Waals surface area (Å²) in [4.78, 5) is 14.9. The van der Waals surface area contributed by atoms with Crippen LogP contribution in [-0.4, -0.2) is 42.6 Å². The highest BCUT2D eigenvalue weighted by molar-refractivity contribution is 5.95. The summed E-state index contributed by atoms with van der Waals surface area (Å²) in [6.07, 6.45) is 5.13. The van der Waals surface area contributed by atoms with Gasteiger partial charge in [0.1, 0.15) is 5.82 Å². The van der Waals surface area contributed by atoms with Crippen LogP contribution in [0.5, 0.6) is 0 Å². The standard InChI is InChI=1S/C24H27FN2O2/c25-21-15-19(17-3-1-4-18(13-17)22-5-2-9-26-22)14-20(16-21)23(28)27-10-6-24(7-11-27)8-12-29-24/h1,3-4,13-16,22,26H,2,5-12H2. The maximum absolute atomic E-state index is 14.4. The Morgan fingerprint density at radius 1 is 1.10 bits per heavy atom. The Morgan fingerprint density at radius 2 is 1.93 bits per heavy atom. The summed E-state index contributed by atoms with van der Waals surface area (Å²) in [5, 5.41) is 3.51. The molecule has 29 heavy (non-hydrogen) atoms. The largest absolute Gasteiger partial charge is 0.375 e. The number of halogens is 1. The third kappa shape index (κ3) is 3.69. The molecular weight excluding hydrogens is 367 g/mol. The van der Waals surface area contributed by atoms with Crippen molar-refractivity contribution in [3.05, 3.63) is 59.4 Å². The van der Waals surface area contributed by atoms with Gasteiger partial charge in [0.15, 0.2) is 0 Å². The SMILES string of the molecule is O=C(c1cc(F)cc(-c2cccc(C3CCCN3)c2)c1)N1CCC2(CCO2)CC1. The molecule has 1 atom stereocenters. The van der Waals surface area contributed by atoms with Crippen LogP contribution in [0.25, 0.3) is 11.1 Å². The first-order valence-corrected chi connectivity index (χ1v) is 10.7. The van der Waals surface area contributed by atoms with Gasteiger partial charge >= 0.3 is 0 Å². The van der Waals surface area contributed by atoms with E-state index in [1.54, 1.807) is 0 Å². The molecule has 0 aliphatic carbocycles. The van der Waals surface area contributed by atoms with Gasteiger partial charge in [-0.2, -0.15) is 0 Å². The van der Waals surface area contributed by atoms with Gasteiger partial charge in [-0.1, -0.05) is 18.2 Å². The summed E-state index contributed by atoms with van der Waals surface area (Å²) in [5.41, 5.74) is 3.35. The number of piperidine rings is 1. The lowest BCUT2D eigenvalue weighted by Gasteiger charge is -2.47. The number of likely N-dealkylation sites (tertiary alicyclic amines) is 1. The van der Waals surface area contributed by atoms with Crippen LogP contribution in [0, 0.1) is 5.82 Å². The first kappa shape index (κ1) is 18.8. The molecule has 2 aromatic rings. The number of benzene rings is 2. The van der Waals surface area contributed by atoms with Gasteiger partial charge in [0.25, 0.3) is 5.91 Å². The predicted octanol–water partition coefficient (Wildman–Crippen LogP) is 4.31. The molecule has 3 heterocycles. The van der Waals surface area contributed by atoms with Gasteiger partial charge in [-0.15, -0.1) is 0 Å². The van der Waals surface area contributed by atoms with Gasteiger partial charge in [0, 0.05) is 24.7 Å². The van der Waals surface area contributed by atoms with Crippen LogP contribution < -0.4 is 5.32 Å². The van der Waals surface area contributed by atoms with Crippen LogP contribution in [0.1, 0.15) is 54.1 Å². The molecular formula is C24H27FN2O2. The van der Waals surface area contributed by atoms with E-state index in [0.717, 1.165) is 50.0 Å². The number of carbonyl (C=O) groups excluding carboxylic acids is 1. The number of nitrogens with zero attached hydrogens (tertiary/aromatic N) is 1. The van der Waals surface area contributed by atoms with Crippen molar-refractivity contribution in [2.45, 2.75) is 43.7 Å². The minimum atomic E-state index is -0.369. The maximum Gasteiger partial charge on any atom is 0.253 e. The minimum absolute atomic E-state index is 0.00140. The van der Waals surface area contributed by atoms with Crippen LogP contribution in [0.15, 0.2) is 42.5 Å². The van der Waals surface area contributed by atoms with Gasteiger partial charge in [-0.25, -0.2) is 4.39 Å². The summed E-state index contributed by atoms with van der Waals surface area (Å²) in [6, 6.07) is 13.3. The lowest BCUT2D eigenvalue weighted by Crippen LogP contribution is -2.53. The topological polar surface area (TPSA) is 41.6 Å². The Kier molecular flexibility index (Phi) is 4.88. The molecule has 0 saturated carbocycles. The average Bonchev–Trinajstić information content (AvgIpc) is 3.27. The molecule has 1 spiro atoms. The Balaban J connectivity index is 1.37. The molecule has 4 nitrogen and oxygen atoms in total. The number of rotatable bonds is 3. The molecule has 3 aliphatic heterocycles. The third-order valence-corrected chi connectivity index (χ3v) is 6.76. The van der Waals surface area contributed by atoms with Crippen molar-refractivity contribution >= 4 is 5.91 Å². The van der Waals surface area contributed by atoms with E-state index in [-0.39, 0.29) is 17.3 Å². The summed E-state index contributed by atoms with van der Waals surface area (Å²) < 4.78 is 20.2. The first-order valence-electron chi connectivity index (χ1n) is 10.7. The Labute approximate surface area is 171 Å². The fraction of sp³-hybridized carbons (Fsp3) is 0.458. The van der Waals surface area contributed by atoms with E-state index in [4.69, 9.17) is 4.74 Å². The molecule has 3 aliphatic rings. The van der Waals surface area contributed by atoms with Crippen molar-refractivity contribution in [3.63, 3.8) is 0 Å². The predicted molar refractivity (Wildman–Crippen MR) is 110 cm³/mol. The number of hydrogen-bond donors (Lipinski definition) is 1. The highest BCUT2D eigenvalue weighted by Crippen LogP contribution is 2.37. The van der Waals surface area contributed by atoms with E-state index >= 15 is 0 Å². The van der Waals surface area contributed by atoms with Crippen molar-refractivity contribution in [1.82, 2.24) is 10.2 Å². The zero-order valence-electron chi connectivity index (χ0n) is 16.6. The van der Waals surface area contributed by atoms with Gasteiger partial charge in [0.05, 0.1) is 12.2 Å². The normalized spacial score (nSPS) is 23.2. The highest BCUT2D eigenvalue weighted by atomic mass is 19.1. The van der Waals surface area contributed by atoms with E-state index in [2.05, 4.69) is 17.4 Å². The summed E-state index contributed by atoms with van der Waals surface area (Å²) >= 11 is 0. The van der Waals surface area contributed by atoms with Crippen molar-refractivity contribution in [2.75, 3.05) is 26.2 Å². The zero-order valence-corrected chi connectivity index (χ0v) is 16.6. The fourth-order valence-electron chi connectivity index (χ4n) is 4.87. The number of amides is 1. The molecule has 5 rings (SSSR count). The summed E-state index contributed by atoms with van der Waals surface area (Å²) in [5.74, 6) is -0.459. The summed E-state index contributed by atoms with van der Waals surface area (Å²) in [6.45, 7) is 3.22. The number of nitrogens with one attached hydrogen (secondary N) is 1. The van der Waals surface area contributed by atoms with E-state index in [0.29, 0.717) is 24.7 Å². The number of hydrogen-bond acceptors (Lipinski definition) is 3. The number of carbonyl (C=O) groups is 1. The molecule has 3 fully saturated rings. The van der Waals surface area contributed by atoms with E-state index in [9.17, 15) is 9.18 Å². The third-order valence-electron chi connectivity index (χ3n) is 6.76. The second-order valence-corrected chi connectivity index (χ2v) is 8.58. The molecule has 152 valence electrons. The lowest BCUT2D eigenvalue weighted by molar-refractivity contribution is -0.169. The van der Waals surface area contributed by atoms with E-state index < -0.39 is 0 Å². The number of ether oxygens (including phenoxy) is 1. The van der Waals surface area contributed by atoms with Crippen molar-refractivity contribution in [2.24, 2.45) is 0 Å². The monoisotopic (exact) mass is 394 g/mol. The highest BCUT2D eigenvalue weighted by Gasteiger charge is 2.42. The second kappa shape index (κ2) is 7.54. The van der Waals surface area contributed by atoms with Crippen molar-refractivity contribution in [1.29, 1.82) is 0 Å². The van der Waals surface area contributed by atoms with Gasteiger partial charge in [-0.05, 0) is 79.6 Å². The van der Waals surface area contributed by atoms with Gasteiger partial charge in [0.2, 0.25) is 0 Å². The Bertz CT molecular complexity index is 909. The molecule has 0 radical (unpaired) electrons. The quantitative estimate of drug-likeness (QED) is 0.843. The van der Waals surface area contributed by atoms with Crippen LogP contribution >= 0.6 is 0 Å².